The number of carbonyl (C=O) groups excluding carboxylic acids is 5. The third-order valence-electron chi connectivity index (χ3n) is 8.86. The number of nitrogens with one attached hydrogen (secondary N) is 2. The van der Waals surface area contributed by atoms with Gasteiger partial charge in [0.15, 0.2) is 18.1 Å². The number of benzene rings is 2. The summed E-state index contributed by atoms with van der Waals surface area (Å²) in [6, 6.07) is 5.16. The lowest BCUT2D eigenvalue weighted by Crippen LogP contribution is -2.71. The molecule has 1 unspecified atom stereocenters. The third kappa shape index (κ3) is 8.89. The lowest BCUT2D eigenvalue weighted by molar-refractivity contribution is -0.151. The third-order valence-corrected chi connectivity index (χ3v) is 11.3. The second kappa shape index (κ2) is 17.4. The summed E-state index contributed by atoms with van der Waals surface area (Å²) < 4.78 is 18.5. The van der Waals surface area contributed by atoms with E-state index >= 15 is 0 Å². The van der Waals surface area contributed by atoms with Crippen LogP contribution in [0.3, 0.4) is 0 Å². The van der Waals surface area contributed by atoms with E-state index < -0.39 is 76.7 Å². The van der Waals surface area contributed by atoms with Gasteiger partial charge in [-0.1, -0.05) is 23.9 Å². The van der Waals surface area contributed by atoms with Gasteiger partial charge >= 0.3 is 23.9 Å². The molecule has 0 saturated carbocycles. The van der Waals surface area contributed by atoms with E-state index in [9.17, 15) is 43.5 Å². The van der Waals surface area contributed by atoms with Crippen molar-refractivity contribution in [2.45, 2.75) is 49.9 Å². The first-order valence-corrected chi connectivity index (χ1v) is 19.5. The zero-order chi connectivity index (χ0) is 42.7. The van der Waals surface area contributed by atoms with Crippen LogP contribution in [0.2, 0.25) is 0 Å². The molecule has 59 heavy (non-hydrogen) atoms. The molecule has 2 aliphatic rings. The van der Waals surface area contributed by atoms with Crippen molar-refractivity contribution in [2.24, 2.45) is 7.05 Å². The predicted molar refractivity (Wildman–Crippen MR) is 205 cm³/mol. The number of aryl methyl sites for hydroxylation is 2. The molecule has 6 rings (SSSR count). The Labute approximate surface area is 341 Å². The molecule has 23 heteroatoms. The number of ether oxygens (including phenoxy) is 3. The molecular formula is C36H34N8O13S2. The van der Waals surface area contributed by atoms with Crippen LogP contribution < -0.4 is 30.3 Å². The number of carboxylic acid groups (broad SMARTS) is 2. The van der Waals surface area contributed by atoms with Crippen molar-refractivity contribution in [3.8, 4) is 17.2 Å². The van der Waals surface area contributed by atoms with E-state index in [1.54, 1.807) is 14.0 Å². The van der Waals surface area contributed by atoms with Gasteiger partial charge in [0.05, 0.1) is 10.9 Å². The number of tetrazole rings is 1. The Morgan fingerprint density at radius 2 is 1.69 bits per heavy atom. The van der Waals surface area contributed by atoms with Gasteiger partial charge in [-0.15, -0.1) is 16.9 Å². The van der Waals surface area contributed by atoms with E-state index in [1.807, 2.05) is 0 Å². The Balaban J connectivity index is 1.30. The minimum atomic E-state index is -1.57. The number of carboxylic acids is 2. The zero-order valence-electron chi connectivity index (χ0n) is 31.5. The van der Waals surface area contributed by atoms with Gasteiger partial charge in [0.25, 0.3) is 11.8 Å². The maximum Gasteiger partial charge on any atom is 0.352 e. The molecular weight excluding hydrogens is 817 g/mol. The van der Waals surface area contributed by atoms with Crippen molar-refractivity contribution in [1.82, 2.24) is 40.3 Å². The van der Waals surface area contributed by atoms with Crippen molar-refractivity contribution in [1.29, 1.82) is 0 Å². The van der Waals surface area contributed by atoms with Crippen LogP contribution in [0.25, 0.3) is 10.9 Å². The van der Waals surface area contributed by atoms with Gasteiger partial charge in [-0.3, -0.25) is 33.7 Å². The molecule has 4 N–H and O–H groups in total. The van der Waals surface area contributed by atoms with Crippen molar-refractivity contribution in [3.63, 3.8) is 0 Å². The van der Waals surface area contributed by atoms with E-state index in [4.69, 9.17) is 19.3 Å². The largest absolute Gasteiger partial charge is 0.482 e. The second-order valence-corrected chi connectivity index (χ2v) is 14.9. The van der Waals surface area contributed by atoms with Gasteiger partial charge in [0.2, 0.25) is 16.5 Å². The number of hydrogen-bond donors (Lipinski definition) is 4. The highest BCUT2D eigenvalue weighted by Gasteiger charge is 2.54. The van der Waals surface area contributed by atoms with Crippen molar-refractivity contribution < 1.29 is 58.0 Å². The molecule has 3 amide bonds. The monoisotopic (exact) mass is 850 g/mol. The minimum Gasteiger partial charge on any atom is -0.482 e. The van der Waals surface area contributed by atoms with E-state index in [0.717, 1.165) is 24.8 Å². The molecule has 0 spiro atoms. The fourth-order valence-electron chi connectivity index (χ4n) is 6.23. The number of nitrogens with zero attached hydrogens (tertiary/aromatic N) is 6. The van der Waals surface area contributed by atoms with E-state index in [1.165, 1.54) is 69.3 Å². The number of β-lactam (4-membered cyclic amide) rings is 1. The summed E-state index contributed by atoms with van der Waals surface area (Å²) in [7, 11) is 1.62. The summed E-state index contributed by atoms with van der Waals surface area (Å²) in [5.41, 5.74) is -0.679. The van der Waals surface area contributed by atoms with Crippen molar-refractivity contribution in [2.75, 3.05) is 18.1 Å². The molecule has 2 aromatic heterocycles. The fourth-order valence-corrected chi connectivity index (χ4v) is 8.56. The maximum absolute atomic E-state index is 14.1. The topological polar surface area (TPSA) is 281 Å². The first kappa shape index (κ1) is 41.9. The molecule has 0 bridgehead atoms. The molecule has 4 aromatic rings. The number of aromatic nitrogens is 5. The number of hydrogen-bond acceptors (Lipinski definition) is 16. The zero-order valence-corrected chi connectivity index (χ0v) is 33.1. The Hall–Kier alpha value is -6.75. The van der Waals surface area contributed by atoms with Gasteiger partial charge in [0.1, 0.15) is 34.5 Å². The number of esters is 2. The van der Waals surface area contributed by atoms with Gasteiger partial charge in [0, 0.05) is 51.2 Å². The number of pyridine rings is 1. The first-order valence-electron chi connectivity index (χ1n) is 17.5. The van der Waals surface area contributed by atoms with Crippen LogP contribution in [0.1, 0.15) is 42.7 Å². The minimum absolute atomic E-state index is 0.0876. The van der Waals surface area contributed by atoms with Crippen LogP contribution in [0.5, 0.6) is 17.2 Å². The summed E-state index contributed by atoms with van der Waals surface area (Å²) >= 11 is 2.41. The van der Waals surface area contributed by atoms with Gasteiger partial charge < -0.3 is 39.6 Å². The Morgan fingerprint density at radius 3 is 2.29 bits per heavy atom. The highest BCUT2D eigenvalue weighted by molar-refractivity contribution is 8.01. The van der Waals surface area contributed by atoms with Crippen LogP contribution in [0.4, 0.5) is 0 Å². The van der Waals surface area contributed by atoms with Crippen LogP contribution >= 0.6 is 23.5 Å². The van der Waals surface area contributed by atoms with Crippen LogP contribution in [0.15, 0.2) is 63.8 Å². The summed E-state index contributed by atoms with van der Waals surface area (Å²) in [6.07, 6.45) is 1.24. The molecule has 2 aliphatic heterocycles. The number of fused-ring (bicyclic) bond motifs is 2. The van der Waals surface area contributed by atoms with E-state index in [2.05, 4.69) is 26.2 Å². The van der Waals surface area contributed by atoms with Crippen LogP contribution in [-0.2, 0) is 42.4 Å². The number of rotatable bonds is 15. The normalized spacial score (nSPS) is 16.4. The number of aliphatic carboxylic acids is 2. The van der Waals surface area contributed by atoms with Crippen molar-refractivity contribution in [3.05, 3.63) is 75.2 Å². The predicted octanol–water partition coefficient (Wildman–Crippen LogP) is 0.861. The van der Waals surface area contributed by atoms with Crippen LogP contribution in [0, 0.1) is 0 Å². The standard InChI is InChI=1S/C36H34N8O13S2/c1-5-43-12-22(30(49)21-10-24(56-16(2)45)25(11-23(21)43)57-17(3)46)31(50)37-27(18-6-8-20(9-7-18)55-13-26(47)48)32(51)38-28-33(52)44-29(35(53)54)19(14-58-34(28)44)15-59-36-39-40-41-42(36)4/h6-12,27-28,34H,5,13-15H2,1-4H3,(H,37,50)(H,38,51)(H,47,48)(H,53,54)/t27?,28-,34+/m1/s1. The Morgan fingerprint density at radius 1 is 1.02 bits per heavy atom. The Bertz CT molecular complexity index is 2500. The van der Waals surface area contributed by atoms with E-state index in [0.29, 0.717) is 10.7 Å². The van der Waals surface area contributed by atoms with Gasteiger partial charge in [-0.25, -0.2) is 14.3 Å². The average Bonchev–Trinajstić information content (AvgIpc) is 3.61. The molecule has 3 atom stereocenters. The molecule has 0 aliphatic carbocycles. The summed E-state index contributed by atoms with van der Waals surface area (Å²) in [5.74, 6) is -6.61. The second-order valence-electron chi connectivity index (χ2n) is 12.8. The molecule has 1 saturated heterocycles. The lowest BCUT2D eigenvalue weighted by Gasteiger charge is -2.49. The van der Waals surface area contributed by atoms with Crippen molar-refractivity contribution >= 4 is 76.0 Å². The summed E-state index contributed by atoms with van der Waals surface area (Å²) in [6.45, 7) is 3.50. The number of amides is 3. The molecule has 4 heterocycles. The quantitative estimate of drug-likeness (QED) is 0.0558. The highest BCUT2D eigenvalue weighted by atomic mass is 32.2. The maximum atomic E-state index is 14.1. The molecule has 2 aromatic carbocycles. The summed E-state index contributed by atoms with van der Waals surface area (Å²) in [5, 5.41) is 35.1. The number of carbonyl (C=O) groups is 7. The molecule has 21 nitrogen and oxygen atoms in total. The first-order chi connectivity index (χ1) is 28.1. The van der Waals surface area contributed by atoms with Gasteiger partial charge in [-0.05, 0) is 46.7 Å². The molecule has 308 valence electrons. The highest BCUT2D eigenvalue weighted by Crippen LogP contribution is 2.42. The molecule has 0 radical (unpaired) electrons. The number of thioether (sulfide) groups is 2. The van der Waals surface area contributed by atoms with E-state index in [-0.39, 0.29) is 57.5 Å². The molecule has 1 fully saturated rings. The fraction of sp³-hybridized carbons (Fsp3) is 0.306. The van der Waals surface area contributed by atoms with Crippen LogP contribution in [-0.4, -0.2) is 111 Å². The SMILES string of the molecule is CCn1cc(C(=O)NC(C(=O)N[C@@H]2C(=O)N3C(C(=O)O)=C(CSc4nnnn4C)CS[C@@H]23)c2ccc(OCC(=O)O)cc2)c(=O)c2cc(OC(C)=O)c(OC(C)=O)cc21. The average molecular weight is 851 g/mol. The Kier molecular flexibility index (Phi) is 12.3. The lowest BCUT2D eigenvalue weighted by atomic mass is 10.0. The van der Waals surface area contributed by atoms with Gasteiger partial charge in [-0.2, -0.15) is 0 Å². The smallest absolute Gasteiger partial charge is 0.352 e. The summed E-state index contributed by atoms with van der Waals surface area (Å²) in [4.78, 5) is 104.